The van der Waals surface area contributed by atoms with Gasteiger partial charge in [0.25, 0.3) is 0 Å². The maximum absolute atomic E-state index is 13.6. The summed E-state index contributed by atoms with van der Waals surface area (Å²) < 4.78 is 83.9. The topological polar surface area (TPSA) is 75.6 Å². The number of ether oxygens (including phenoxy) is 1. The summed E-state index contributed by atoms with van der Waals surface area (Å²) in [5, 5.41) is 12.1. The molecule has 0 saturated heterocycles. The van der Waals surface area contributed by atoms with Crippen molar-refractivity contribution in [3.8, 4) is 0 Å². The Bertz CT molecular complexity index is 957. The zero-order valence-electron chi connectivity index (χ0n) is 16.0. The zero-order valence-corrected chi connectivity index (χ0v) is 16.0. The molecule has 1 atom stereocenters. The minimum absolute atomic E-state index is 0.0177. The highest BCUT2D eigenvalue weighted by Crippen LogP contribution is 2.40. The predicted octanol–water partition coefficient (Wildman–Crippen LogP) is 3.60. The number of carbonyl (C=O) groups is 2. The van der Waals surface area contributed by atoms with Crippen molar-refractivity contribution in [3.63, 3.8) is 0 Å². The second-order valence-electron chi connectivity index (χ2n) is 6.54. The average Bonchev–Trinajstić information content (AvgIpc) is 2.70. The van der Waals surface area contributed by atoms with Crippen LogP contribution >= 0.6 is 0 Å². The van der Waals surface area contributed by atoms with Crippen LogP contribution in [-0.2, 0) is 27.7 Å². The van der Waals surface area contributed by atoms with E-state index in [1.807, 2.05) is 5.32 Å². The molecule has 11 heteroatoms. The highest BCUT2D eigenvalue weighted by molar-refractivity contribution is 5.93. The quantitative estimate of drug-likeness (QED) is 0.522. The Hall–Kier alpha value is -3.08. The lowest BCUT2D eigenvalue weighted by atomic mass is 9.91. The molecule has 2 aromatic carbocycles. The average molecular weight is 449 g/mol. The van der Waals surface area contributed by atoms with E-state index in [-0.39, 0.29) is 17.2 Å². The summed E-state index contributed by atoms with van der Waals surface area (Å²) in [6.07, 6.45) is -10.8. The monoisotopic (exact) mass is 449 g/mol. The first-order chi connectivity index (χ1) is 14.3. The lowest BCUT2D eigenvalue weighted by Crippen LogP contribution is -2.51. The lowest BCUT2D eigenvalue weighted by Gasteiger charge is -2.31. The number of esters is 1. The van der Waals surface area contributed by atoms with Crippen LogP contribution < -0.4 is 5.32 Å². The third kappa shape index (κ3) is 5.54. The fraction of sp³-hybridized carbons (Fsp3) is 0.300. The number of rotatable bonds is 6. The van der Waals surface area contributed by atoms with Crippen LogP contribution in [0.15, 0.2) is 48.5 Å². The number of halogens is 6. The summed E-state index contributed by atoms with van der Waals surface area (Å²) in [6, 6.07) is 7.85. The molecule has 0 heterocycles. The van der Waals surface area contributed by atoms with E-state index in [1.54, 1.807) is 0 Å². The van der Waals surface area contributed by atoms with Gasteiger partial charge in [0.2, 0.25) is 11.5 Å². The Morgan fingerprint density at radius 2 is 1.58 bits per heavy atom. The van der Waals surface area contributed by atoms with E-state index in [2.05, 4.69) is 4.74 Å². The number of methoxy groups -OCH3 is 1. The SMILES string of the molecule is COC(=O)c1ccccc1CC(=O)NCC(O)(c1cccc(C(F)(F)F)c1)C(F)(F)F. The smallest absolute Gasteiger partial charge is 0.423 e. The number of amides is 1. The fourth-order valence-electron chi connectivity index (χ4n) is 2.76. The van der Waals surface area contributed by atoms with Crippen molar-refractivity contribution in [1.82, 2.24) is 5.32 Å². The maximum Gasteiger partial charge on any atom is 0.423 e. The molecule has 2 rings (SSSR count). The van der Waals surface area contributed by atoms with E-state index in [1.165, 1.54) is 24.3 Å². The van der Waals surface area contributed by atoms with Crippen LogP contribution in [0.3, 0.4) is 0 Å². The summed E-state index contributed by atoms with van der Waals surface area (Å²) in [6.45, 7) is -1.43. The largest absolute Gasteiger partial charge is 0.465 e. The predicted molar refractivity (Wildman–Crippen MR) is 95.9 cm³/mol. The summed E-state index contributed by atoms with van der Waals surface area (Å²) in [7, 11) is 1.11. The molecule has 0 spiro atoms. The number of hydrogen-bond acceptors (Lipinski definition) is 4. The van der Waals surface area contributed by atoms with Crippen molar-refractivity contribution in [2.45, 2.75) is 24.4 Å². The molecule has 31 heavy (non-hydrogen) atoms. The Morgan fingerprint density at radius 3 is 2.16 bits per heavy atom. The van der Waals surface area contributed by atoms with Crippen molar-refractivity contribution in [1.29, 1.82) is 0 Å². The van der Waals surface area contributed by atoms with Crippen LogP contribution in [0.25, 0.3) is 0 Å². The molecule has 0 saturated carbocycles. The molecule has 5 nitrogen and oxygen atoms in total. The second-order valence-corrected chi connectivity index (χ2v) is 6.54. The molecule has 0 aromatic heterocycles. The number of alkyl halides is 6. The molecule has 2 N–H and O–H groups in total. The van der Waals surface area contributed by atoms with Crippen molar-refractivity contribution in [2.75, 3.05) is 13.7 Å². The Balaban J connectivity index is 2.26. The van der Waals surface area contributed by atoms with Crippen LogP contribution in [0.2, 0.25) is 0 Å². The van der Waals surface area contributed by atoms with Gasteiger partial charge in [0.15, 0.2) is 0 Å². The summed E-state index contributed by atoms with van der Waals surface area (Å²) in [5.41, 5.74) is -6.06. The normalized spacial score (nSPS) is 13.9. The van der Waals surface area contributed by atoms with E-state index in [0.717, 1.165) is 13.2 Å². The van der Waals surface area contributed by atoms with Crippen molar-refractivity contribution < 1.29 is 45.8 Å². The van der Waals surface area contributed by atoms with E-state index < -0.39 is 53.9 Å². The lowest BCUT2D eigenvalue weighted by molar-refractivity contribution is -0.264. The van der Waals surface area contributed by atoms with Gasteiger partial charge in [-0.05, 0) is 29.3 Å². The Kier molecular flexibility index (Phi) is 6.99. The standard InChI is InChI=1S/C20H17F6NO4/c1-31-17(29)15-8-3-2-5-12(15)9-16(28)27-11-18(30,20(24,25)26)13-6-4-7-14(10-13)19(21,22)23/h2-8,10,30H,9,11H2,1H3,(H,27,28). The molecule has 168 valence electrons. The number of aliphatic hydroxyl groups is 1. The first kappa shape index (κ1) is 24.2. The van der Waals surface area contributed by atoms with Crippen LogP contribution in [0.5, 0.6) is 0 Å². The van der Waals surface area contributed by atoms with Gasteiger partial charge >= 0.3 is 18.3 Å². The molecule has 0 fully saturated rings. The number of carbonyl (C=O) groups excluding carboxylic acids is 2. The van der Waals surface area contributed by atoms with Gasteiger partial charge in [-0.15, -0.1) is 0 Å². The summed E-state index contributed by atoms with van der Waals surface area (Å²) >= 11 is 0. The van der Waals surface area contributed by atoms with Gasteiger partial charge < -0.3 is 15.2 Å². The molecule has 2 aromatic rings. The van der Waals surface area contributed by atoms with Gasteiger partial charge in [0.05, 0.1) is 31.2 Å². The highest BCUT2D eigenvalue weighted by Gasteiger charge is 2.55. The molecule has 0 radical (unpaired) electrons. The maximum atomic E-state index is 13.6. The zero-order chi connectivity index (χ0) is 23.4. The Labute approximate surface area is 172 Å². The second kappa shape index (κ2) is 8.96. The van der Waals surface area contributed by atoms with Gasteiger partial charge in [-0.3, -0.25) is 4.79 Å². The number of nitrogens with one attached hydrogen (secondary N) is 1. The Morgan fingerprint density at radius 1 is 0.968 bits per heavy atom. The van der Waals surface area contributed by atoms with Gasteiger partial charge in [0.1, 0.15) is 0 Å². The van der Waals surface area contributed by atoms with Gasteiger partial charge in [-0.2, -0.15) is 26.3 Å². The van der Waals surface area contributed by atoms with Gasteiger partial charge in [-0.25, -0.2) is 4.79 Å². The third-order valence-electron chi connectivity index (χ3n) is 4.45. The fourth-order valence-corrected chi connectivity index (χ4v) is 2.76. The molecule has 1 unspecified atom stereocenters. The highest BCUT2D eigenvalue weighted by atomic mass is 19.4. The first-order valence-corrected chi connectivity index (χ1v) is 8.69. The van der Waals surface area contributed by atoms with Crippen LogP contribution in [0.1, 0.15) is 27.0 Å². The van der Waals surface area contributed by atoms with E-state index >= 15 is 0 Å². The van der Waals surface area contributed by atoms with Gasteiger partial charge in [0, 0.05) is 0 Å². The minimum atomic E-state index is -5.39. The number of hydrogen-bond donors (Lipinski definition) is 2. The van der Waals surface area contributed by atoms with Gasteiger partial charge in [-0.1, -0.05) is 30.3 Å². The van der Waals surface area contributed by atoms with Crippen molar-refractivity contribution in [2.24, 2.45) is 0 Å². The van der Waals surface area contributed by atoms with E-state index in [0.29, 0.717) is 12.1 Å². The molecule has 1 amide bonds. The summed E-state index contributed by atoms with van der Waals surface area (Å²) in [4.78, 5) is 23.9. The van der Waals surface area contributed by atoms with Crippen molar-refractivity contribution >= 4 is 11.9 Å². The number of benzene rings is 2. The molecular weight excluding hydrogens is 432 g/mol. The molecule has 0 bridgehead atoms. The molecule has 0 aliphatic carbocycles. The van der Waals surface area contributed by atoms with Crippen LogP contribution in [0, 0.1) is 0 Å². The third-order valence-corrected chi connectivity index (χ3v) is 4.45. The van der Waals surface area contributed by atoms with Crippen molar-refractivity contribution in [3.05, 3.63) is 70.8 Å². The first-order valence-electron chi connectivity index (χ1n) is 8.69. The van der Waals surface area contributed by atoms with Crippen LogP contribution in [0.4, 0.5) is 26.3 Å². The molecule has 0 aliphatic rings. The minimum Gasteiger partial charge on any atom is -0.465 e. The molecular formula is C20H17F6NO4. The summed E-state index contributed by atoms with van der Waals surface area (Å²) in [5.74, 6) is -1.76. The van der Waals surface area contributed by atoms with Crippen LogP contribution in [-0.4, -0.2) is 36.8 Å². The van der Waals surface area contributed by atoms with E-state index in [4.69, 9.17) is 0 Å². The van der Waals surface area contributed by atoms with E-state index in [9.17, 15) is 41.0 Å². The molecule has 0 aliphatic heterocycles.